The highest BCUT2D eigenvalue weighted by atomic mass is 35.5. The van der Waals surface area contributed by atoms with E-state index in [-0.39, 0.29) is 30.5 Å². The van der Waals surface area contributed by atoms with E-state index in [1.54, 1.807) is 6.07 Å². The number of anilines is 1. The number of nitro groups is 1. The fourth-order valence-corrected chi connectivity index (χ4v) is 2.65. The normalized spacial score (nSPS) is 13.8. The van der Waals surface area contributed by atoms with E-state index in [4.69, 9.17) is 5.11 Å². The fourth-order valence-electron chi connectivity index (χ4n) is 2.65. The lowest BCUT2D eigenvalue weighted by molar-refractivity contribution is -0.384. The van der Waals surface area contributed by atoms with E-state index in [2.05, 4.69) is 5.32 Å². The van der Waals surface area contributed by atoms with Crippen LogP contribution in [0.1, 0.15) is 25.3 Å². The number of halogens is 1. The van der Waals surface area contributed by atoms with Crippen molar-refractivity contribution in [3.8, 4) is 0 Å². The first-order valence-electron chi connectivity index (χ1n) is 7.48. The summed E-state index contributed by atoms with van der Waals surface area (Å²) in [6, 6.07) is 3.70. The Kier molecular flexibility index (Phi) is 7.12. The first-order chi connectivity index (χ1) is 10.9. The van der Waals surface area contributed by atoms with Gasteiger partial charge in [-0.05, 0) is 18.4 Å². The maximum Gasteiger partial charge on any atom is 0.320 e. The second-order valence-corrected chi connectivity index (χ2v) is 5.43. The third kappa shape index (κ3) is 4.42. The molecule has 0 saturated carbocycles. The molecule has 0 saturated heterocycles. The van der Waals surface area contributed by atoms with Crippen molar-refractivity contribution in [1.29, 1.82) is 0 Å². The number of nitro benzene ring substituents is 1. The molecule has 2 N–H and O–H groups in total. The van der Waals surface area contributed by atoms with Crippen molar-refractivity contribution in [3.05, 3.63) is 33.9 Å². The van der Waals surface area contributed by atoms with Crippen molar-refractivity contribution < 1.29 is 19.6 Å². The number of hydrogen-bond donors (Lipinski definition) is 2. The quantitative estimate of drug-likeness (QED) is 0.567. The van der Waals surface area contributed by atoms with Crippen LogP contribution in [0, 0.1) is 10.1 Å². The number of hydrogen-bond acceptors (Lipinski definition) is 5. The van der Waals surface area contributed by atoms with Crippen LogP contribution in [0.25, 0.3) is 0 Å². The number of fused-ring (bicyclic) bond motifs is 1. The SMILES string of the molecule is CCCC(NCC(=O)N1CCc2ccc([N+](=O)[O-])cc21)C(=O)O.Cl. The van der Waals surface area contributed by atoms with Crippen LogP contribution < -0.4 is 10.2 Å². The molecule has 0 spiro atoms. The van der Waals surface area contributed by atoms with Gasteiger partial charge in [0.2, 0.25) is 5.91 Å². The molecule has 0 radical (unpaired) electrons. The molecule has 1 aliphatic heterocycles. The number of nitrogens with zero attached hydrogens (tertiary/aromatic N) is 2. The second kappa shape index (κ2) is 8.60. The molecule has 1 atom stereocenters. The van der Waals surface area contributed by atoms with Crippen LogP contribution in [0.5, 0.6) is 0 Å². The summed E-state index contributed by atoms with van der Waals surface area (Å²) >= 11 is 0. The van der Waals surface area contributed by atoms with E-state index in [0.29, 0.717) is 31.5 Å². The maximum atomic E-state index is 12.3. The molecule has 9 heteroatoms. The van der Waals surface area contributed by atoms with Crippen molar-refractivity contribution in [3.63, 3.8) is 0 Å². The molecule has 132 valence electrons. The van der Waals surface area contributed by atoms with Gasteiger partial charge in [-0.25, -0.2) is 0 Å². The molecular weight excluding hydrogens is 338 g/mol. The third-order valence-electron chi connectivity index (χ3n) is 3.85. The van der Waals surface area contributed by atoms with Gasteiger partial charge in [0.25, 0.3) is 5.69 Å². The van der Waals surface area contributed by atoms with Gasteiger partial charge < -0.3 is 10.0 Å². The standard InChI is InChI=1S/C15H19N3O5.ClH/c1-2-3-12(15(20)21)16-9-14(19)17-7-6-10-4-5-11(18(22)23)8-13(10)17;/h4-5,8,12,16H,2-3,6-7,9H2,1H3,(H,20,21);1H. The van der Waals surface area contributed by atoms with Gasteiger partial charge in [-0.15, -0.1) is 12.4 Å². The summed E-state index contributed by atoms with van der Waals surface area (Å²) in [6.07, 6.45) is 1.76. The molecule has 1 aromatic carbocycles. The minimum Gasteiger partial charge on any atom is -0.480 e. The van der Waals surface area contributed by atoms with Crippen LogP contribution in [0.15, 0.2) is 18.2 Å². The zero-order chi connectivity index (χ0) is 17.0. The van der Waals surface area contributed by atoms with Crippen molar-refractivity contribution in [2.24, 2.45) is 0 Å². The Bertz CT molecular complexity index is 638. The summed E-state index contributed by atoms with van der Waals surface area (Å²) < 4.78 is 0. The van der Waals surface area contributed by atoms with Gasteiger partial charge in [0, 0.05) is 18.7 Å². The Morgan fingerprint density at radius 1 is 1.46 bits per heavy atom. The van der Waals surface area contributed by atoms with Crippen molar-refractivity contribution >= 4 is 35.7 Å². The molecule has 1 unspecified atom stereocenters. The lowest BCUT2D eigenvalue weighted by Crippen LogP contribution is -2.44. The largest absolute Gasteiger partial charge is 0.480 e. The van der Waals surface area contributed by atoms with E-state index in [0.717, 1.165) is 5.56 Å². The molecule has 0 aromatic heterocycles. The monoisotopic (exact) mass is 357 g/mol. The topological polar surface area (TPSA) is 113 Å². The molecule has 2 rings (SSSR count). The summed E-state index contributed by atoms with van der Waals surface area (Å²) in [5, 5.41) is 22.7. The average Bonchev–Trinajstić information content (AvgIpc) is 2.93. The third-order valence-corrected chi connectivity index (χ3v) is 3.85. The number of non-ortho nitro benzene ring substituents is 1. The van der Waals surface area contributed by atoms with Gasteiger partial charge in [-0.1, -0.05) is 19.4 Å². The Balaban J connectivity index is 0.00000288. The molecule has 1 aromatic rings. The molecule has 24 heavy (non-hydrogen) atoms. The molecular formula is C15H20ClN3O5. The molecule has 0 fully saturated rings. The number of carbonyl (C=O) groups excluding carboxylic acids is 1. The molecule has 1 aliphatic rings. The van der Waals surface area contributed by atoms with Gasteiger partial charge in [-0.3, -0.25) is 25.0 Å². The lowest BCUT2D eigenvalue weighted by atomic mass is 10.1. The Labute approximate surface area is 145 Å². The van der Waals surface area contributed by atoms with Crippen LogP contribution in [0.4, 0.5) is 11.4 Å². The summed E-state index contributed by atoms with van der Waals surface area (Å²) in [5.74, 6) is -1.27. The van der Waals surface area contributed by atoms with E-state index < -0.39 is 16.9 Å². The summed E-state index contributed by atoms with van der Waals surface area (Å²) in [4.78, 5) is 35.2. The van der Waals surface area contributed by atoms with E-state index in [9.17, 15) is 19.7 Å². The maximum absolute atomic E-state index is 12.3. The van der Waals surface area contributed by atoms with Gasteiger partial charge in [0.05, 0.1) is 17.2 Å². The molecule has 0 bridgehead atoms. The number of benzene rings is 1. The van der Waals surface area contributed by atoms with E-state index in [1.165, 1.54) is 17.0 Å². The summed E-state index contributed by atoms with van der Waals surface area (Å²) in [5.41, 5.74) is 1.35. The summed E-state index contributed by atoms with van der Waals surface area (Å²) in [6.45, 7) is 2.21. The minimum absolute atomic E-state index is 0. The van der Waals surface area contributed by atoms with Crippen molar-refractivity contribution in [2.75, 3.05) is 18.0 Å². The summed E-state index contributed by atoms with van der Waals surface area (Å²) in [7, 11) is 0. The first kappa shape index (κ1) is 19.9. The molecule has 1 amide bonds. The number of amides is 1. The number of carboxylic acid groups (broad SMARTS) is 1. The number of rotatable bonds is 7. The Morgan fingerprint density at radius 3 is 2.75 bits per heavy atom. The van der Waals surface area contributed by atoms with Crippen LogP contribution in [-0.2, 0) is 16.0 Å². The van der Waals surface area contributed by atoms with Crippen LogP contribution in [0.3, 0.4) is 0 Å². The van der Waals surface area contributed by atoms with Crippen LogP contribution in [0.2, 0.25) is 0 Å². The van der Waals surface area contributed by atoms with Crippen LogP contribution >= 0.6 is 12.4 Å². The van der Waals surface area contributed by atoms with E-state index >= 15 is 0 Å². The first-order valence-corrected chi connectivity index (χ1v) is 7.48. The smallest absolute Gasteiger partial charge is 0.320 e. The zero-order valence-corrected chi connectivity index (χ0v) is 14.0. The minimum atomic E-state index is -0.989. The number of carbonyl (C=O) groups is 2. The number of aliphatic carboxylic acids is 1. The predicted molar refractivity (Wildman–Crippen MR) is 90.7 cm³/mol. The van der Waals surface area contributed by atoms with Crippen molar-refractivity contribution in [1.82, 2.24) is 5.32 Å². The Morgan fingerprint density at radius 2 is 2.17 bits per heavy atom. The van der Waals surface area contributed by atoms with Gasteiger partial charge in [-0.2, -0.15) is 0 Å². The fraction of sp³-hybridized carbons (Fsp3) is 0.467. The lowest BCUT2D eigenvalue weighted by Gasteiger charge is -2.19. The van der Waals surface area contributed by atoms with Crippen LogP contribution in [-0.4, -0.2) is 41.0 Å². The Hall–Kier alpha value is -2.19. The van der Waals surface area contributed by atoms with Gasteiger partial charge in [0.15, 0.2) is 0 Å². The van der Waals surface area contributed by atoms with Crippen molar-refractivity contribution in [2.45, 2.75) is 32.2 Å². The molecule has 1 heterocycles. The van der Waals surface area contributed by atoms with Gasteiger partial charge in [0.1, 0.15) is 6.04 Å². The number of nitrogens with one attached hydrogen (secondary N) is 1. The highest BCUT2D eigenvalue weighted by Crippen LogP contribution is 2.31. The second-order valence-electron chi connectivity index (χ2n) is 5.43. The van der Waals surface area contributed by atoms with Gasteiger partial charge >= 0.3 is 5.97 Å². The highest BCUT2D eigenvalue weighted by Gasteiger charge is 2.27. The number of carboxylic acids is 1. The zero-order valence-electron chi connectivity index (χ0n) is 13.2. The highest BCUT2D eigenvalue weighted by molar-refractivity contribution is 5.97. The molecule has 0 aliphatic carbocycles. The average molecular weight is 358 g/mol. The predicted octanol–water partition coefficient (Wildman–Crippen LogP) is 1.75. The van der Waals surface area contributed by atoms with E-state index in [1.807, 2.05) is 6.92 Å². The molecule has 8 nitrogen and oxygen atoms in total.